The fourth-order valence-corrected chi connectivity index (χ4v) is 3.40. The summed E-state index contributed by atoms with van der Waals surface area (Å²) in [5.41, 5.74) is 0.0171. The van der Waals surface area contributed by atoms with E-state index in [2.05, 4.69) is 10.0 Å². The van der Waals surface area contributed by atoms with Gasteiger partial charge in [0.05, 0.1) is 9.82 Å². The molecule has 0 bridgehead atoms. The van der Waals surface area contributed by atoms with Gasteiger partial charge in [-0.05, 0) is 25.0 Å². The molecule has 0 aliphatic heterocycles. The van der Waals surface area contributed by atoms with E-state index in [0.717, 1.165) is 12.8 Å². The highest BCUT2D eigenvalue weighted by atomic mass is 32.2. The van der Waals surface area contributed by atoms with Crippen molar-refractivity contribution in [2.75, 3.05) is 12.4 Å². The number of sulfonamides is 1. The molecule has 8 heteroatoms. The van der Waals surface area contributed by atoms with Gasteiger partial charge in [0.15, 0.2) is 0 Å². The summed E-state index contributed by atoms with van der Waals surface area (Å²) in [4.78, 5) is 10.3. The summed E-state index contributed by atoms with van der Waals surface area (Å²) in [6.45, 7) is 3.90. The van der Waals surface area contributed by atoms with Crippen molar-refractivity contribution < 1.29 is 13.3 Å². The number of rotatable bonds is 8. The molecule has 21 heavy (non-hydrogen) atoms. The number of anilines is 1. The molecule has 0 aromatic heterocycles. The highest BCUT2D eigenvalue weighted by molar-refractivity contribution is 7.89. The van der Waals surface area contributed by atoms with Crippen LogP contribution in [0.5, 0.6) is 0 Å². The lowest BCUT2D eigenvalue weighted by molar-refractivity contribution is -0.384. The standard InChI is InChI=1S/C13H21N3O4S/c1-4-6-10(5-2)15-21(19,20)11-7-8-13(16(17)18)12(9-11)14-3/h7-10,14-15H,4-6H2,1-3H3. The number of nitrogens with zero attached hydrogens (tertiary/aromatic N) is 1. The molecule has 0 amide bonds. The van der Waals surface area contributed by atoms with Crippen molar-refractivity contribution in [2.45, 2.75) is 44.0 Å². The molecule has 1 aromatic rings. The van der Waals surface area contributed by atoms with Crippen LogP contribution in [0.15, 0.2) is 23.1 Å². The second-order valence-electron chi connectivity index (χ2n) is 4.70. The molecule has 0 radical (unpaired) electrons. The molecule has 0 spiro atoms. The molecule has 1 atom stereocenters. The average Bonchev–Trinajstić information content (AvgIpc) is 2.45. The summed E-state index contributed by atoms with van der Waals surface area (Å²) in [5, 5.41) is 13.5. The Balaban J connectivity index is 3.11. The largest absolute Gasteiger partial charge is 0.383 e. The van der Waals surface area contributed by atoms with Crippen LogP contribution < -0.4 is 10.0 Å². The number of hydrogen-bond donors (Lipinski definition) is 2. The Bertz CT molecular complexity index is 601. The molecule has 1 unspecified atom stereocenters. The maximum absolute atomic E-state index is 12.3. The summed E-state index contributed by atoms with van der Waals surface area (Å²) in [5.74, 6) is 0. The van der Waals surface area contributed by atoms with Crippen molar-refractivity contribution in [3.05, 3.63) is 28.3 Å². The van der Waals surface area contributed by atoms with Gasteiger partial charge in [-0.2, -0.15) is 0 Å². The fourth-order valence-electron chi connectivity index (χ4n) is 2.02. The zero-order valence-electron chi connectivity index (χ0n) is 12.4. The van der Waals surface area contributed by atoms with Gasteiger partial charge in [0.25, 0.3) is 5.69 Å². The maximum Gasteiger partial charge on any atom is 0.292 e. The van der Waals surface area contributed by atoms with Gasteiger partial charge in [-0.1, -0.05) is 20.3 Å². The summed E-state index contributed by atoms with van der Waals surface area (Å²) in [7, 11) is -2.17. The number of nitrogens with one attached hydrogen (secondary N) is 2. The molecule has 0 aliphatic rings. The van der Waals surface area contributed by atoms with Gasteiger partial charge in [-0.15, -0.1) is 0 Å². The predicted molar refractivity (Wildman–Crippen MR) is 82.0 cm³/mol. The van der Waals surface area contributed by atoms with Crippen LogP contribution in [0.2, 0.25) is 0 Å². The monoisotopic (exact) mass is 315 g/mol. The SMILES string of the molecule is CCCC(CC)NS(=O)(=O)c1ccc([N+](=O)[O-])c(NC)c1. The molecule has 0 heterocycles. The van der Waals surface area contributed by atoms with E-state index in [1.807, 2.05) is 13.8 Å². The van der Waals surface area contributed by atoms with Gasteiger partial charge in [-0.3, -0.25) is 10.1 Å². The highest BCUT2D eigenvalue weighted by Crippen LogP contribution is 2.27. The molecule has 0 saturated carbocycles. The summed E-state index contributed by atoms with van der Waals surface area (Å²) < 4.78 is 27.3. The highest BCUT2D eigenvalue weighted by Gasteiger charge is 2.22. The Hall–Kier alpha value is -1.67. The molecule has 118 valence electrons. The first-order valence-corrected chi connectivity index (χ1v) is 8.32. The minimum absolute atomic E-state index is 0.0204. The number of nitro groups is 1. The van der Waals surface area contributed by atoms with Crippen molar-refractivity contribution in [3.63, 3.8) is 0 Å². The first-order valence-electron chi connectivity index (χ1n) is 6.84. The zero-order valence-corrected chi connectivity index (χ0v) is 13.2. The van der Waals surface area contributed by atoms with E-state index in [9.17, 15) is 18.5 Å². The average molecular weight is 315 g/mol. The van der Waals surface area contributed by atoms with Gasteiger partial charge in [0.2, 0.25) is 10.0 Å². The third-order valence-corrected chi connectivity index (χ3v) is 4.71. The van der Waals surface area contributed by atoms with E-state index >= 15 is 0 Å². The number of nitro benzene ring substituents is 1. The summed E-state index contributed by atoms with van der Waals surface area (Å²) >= 11 is 0. The van der Waals surface area contributed by atoms with E-state index in [4.69, 9.17) is 0 Å². The molecule has 0 aliphatic carbocycles. The van der Waals surface area contributed by atoms with E-state index in [0.29, 0.717) is 6.42 Å². The first kappa shape index (κ1) is 17.4. The normalized spacial score (nSPS) is 12.9. The third-order valence-electron chi connectivity index (χ3n) is 3.20. The minimum atomic E-state index is -3.68. The molecule has 1 rings (SSSR count). The van der Waals surface area contributed by atoms with Crippen molar-refractivity contribution in [1.82, 2.24) is 4.72 Å². The van der Waals surface area contributed by atoms with Crippen LogP contribution in [0, 0.1) is 10.1 Å². The second kappa shape index (κ2) is 7.37. The Morgan fingerprint density at radius 3 is 2.48 bits per heavy atom. The smallest absolute Gasteiger partial charge is 0.292 e. The molecule has 2 N–H and O–H groups in total. The third kappa shape index (κ3) is 4.40. The van der Waals surface area contributed by atoms with Crippen LogP contribution in [-0.4, -0.2) is 26.4 Å². The number of hydrogen-bond acceptors (Lipinski definition) is 5. The Kier molecular flexibility index (Phi) is 6.10. The number of benzene rings is 1. The minimum Gasteiger partial charge on any atom is -0.383 e. The van der Waals surface area contributed by atoms with Crippen LogP contribution in [0.1, 0.15) is 33.1 Å². The molecule has 1 aromatic carbocycles. The first-order chi connectivity index (χ1) is 9.85. The van der Waals surface area contributed by atoms with Crippen LogP contribution in [0.4, 0.5) is 11.4 Å². The molecule has 0 fully saturated rings. The Labute approximate surface area is 124 Å². The van der Waals surface area contributed by atoms with Gasteiger partial charge in [0, 0.05) is 19.2 Å². The molecular weight excluding hydrogens is 294 g/mol. The van der Waals surface area contributed by atoms with Crippen LogP contribution in [-0.2, 0) is 10.0 Å². The lowest BCUT2D eigenvalue weighted by Crippen LogP contribution is -2.34. The van der Waals surface area contributed by atoms with E-state index in [1.54, 1.807) is 0 Å². The lowest BCUT2D eigenvalue weighted by Gasteiger charge is -2.16. The van der Waals surface area contributed by atoms with Gasteiger partial charge in [-0.25, -0.2) is 13.1 Å². The maximum atomic E-state index is 12.3. The predicted octanol–water partition coefficient (Wildman–Crippen LogP) is 2.49. The molecule has 7 nitrogen and oxygen atoms in total. The van der Waals surface area contributed by atoms with E-state index < -0.39 is 14.9 Å². The summed E-state index contributed by atoms with van der Waals surface area (Å²) in [6, 6.07) is 3.59. The lowest BCUT2D eigenvalue weighted by atomic mass is 10.1. The van der Waals surface area contributed by atoms with Gasteiger partial charge < -0.3 is 5.32 Å². The second-order valence-corrected chi connectivity index (χ2v) is 6.42. The Morgan fingerprint density at radius 2 is 2.00 bits per heavy atom. The van der Waals surface area contributed by atoms with E-state index in [1.165, 1.54) is 25.2 Å². The quantitative estimate of drug-likeness (QED) is 0.567. The van der Waals surface area contributed by atoms with Crippen LogP contribution in [0.3, 0.4) is 0 Å². The molecule has 0 saturated heterocycles. The Morgan fingerprint density at radius 1 is 1.33 bits per heavy atom. The van der Waals surface area contributed by atoms with E-state index in [-0.39, 0.29) is 22.3 Å². The van der Waals surface area contributed by atoms with Crippen molar-refractivity contribution in [1.29, 1.82) is 0 Å². The van der Waals surface area contributed by atoms with Gasteiger partial charge in [0.1, 0.15) is 5.69 Å². The fraction of sp³-hybridized carbons (Fsp3) is 0.538. The van der Waals surface area contributed by atoms with Gasteiger partial charge >= 0.3 is 0 Å². The van der Waals surface area contributed by atoms with Crippen LogP contribution in [0.25, 0.3) is 0 Å². The molecular formula is C13H21N3O4S. The zero-order chi connectivity index (χ0) is 16.0. The van der Waals surface area contributed by atoms with Crippen LogP contribution >= 0.6 is 0 Å². The van der Waals surface area contributed by atoms with Crippen molar-refractivity contribution in [2.24, 2.45) is 0 Å². The topological polar surface area (TPSA) is 101 Å². The summed E-state index contributed by atoms with van der Waals surface area (Å²) in [6.07, 6.45) is 2.32. The van der Waals surface area contributed by atoms with Crippen molar-refractivity contribution in [3.8, 4) is 0 Å². The van der Waals surface area contributed by atoms with Crippen molar-refractivity contribution >= 4 is 21.4 Å².